The minimum Gasteiger partial charge on any atom is -0.395 e. The Balaban J connectivity index is 1.42. The van der Waals surface area contributed by atoms with Crippen molar-refractivity contribution in [3.8, 4) is 0 Å². The van der Waals surface area contributed by atoms with Crippen LogP contribution in [0, 0.1) is 11.7 Å². The van der Waals surface area contributed by atoms with Crippen LogP contribution < -0.4 is 0 Å². The first-order valence-electron chi connectivity index (χ1n) is 11.1. The molecular weight excluding hydrogens is 379 g/mol. The molecule has 2 saturated heterocycles. The number of carbonyl (C=O) groups excluding carboxylic acids is 1. The monoisotopic (exact) mass is 408 g/mol. The second-order valence-electron chi connectivity index (χ2n) is 9.14. The maximum atomic E-state index is 14.4. The molecule has 1 spiro atoms. The third-order valence-electron chi connectivity index (χ3n) is 7.53. The van der Waals surface area contributed by atoms with Gasteiger partial charge < -0.3 is 10.0 Å². The Morgan fingerprint density at radius 3 is 2.37 bits per heavy atom. The van der Waals surface area contributed by atoms with Crippen molar-refractivity contribution in [2.45, 2.75) is 49.7 Å². The molecule has 2 aromatic rings. The molecule has 5 heteroatoms. The molecule has 1 N–H and O–H groups in total. The van der Waals surface area contributed by atoms with E-state index >= 15 is 0 Å². The van der Waals surface area contributed by atoms with Gasteiger partial charge in [-0.25, -0.2) is 4.39 Å². The van der Waals surface area contributed by atoms with Gasteiger partial charge in [-0.1, -0.05) is 61.4 Å². The van der Waals surface area contributed by atoms with Crippen molar-refractivity contribution >= 4 is 5.91 Å². The molecule has 1 amide bonds. The van der Waals surface area contributed by atoms with Crippen molar-refractivity contribution < 1.29 is 14.3 Å². The summed E-state index contributed by atoms with van der Waals surface area (Å²) >= 11 is 0. The van der Waals surface area contributed by atoms with E-state index in [4.69, 9.17) is 0 Å². The molecule has 0 aromatic heterocycles. The molecule has 3 aliphatic rings. The predicted octanol–water partition coefficient (Wildman–Crippen LogP) is 3.56. The predicted molar refractivity (Wildman–Crippen MR) is 113 cm³/mol. The van der Waals surface area contributed by atoms with Crippen molar-refractivity contribution in [2.75, 3.05) is 19.7 Å². The highest BCUT2D eigenvalue weighted by molar-refractivity contribution is 5.80. The van der Waals surface area contributed by atoms with Crippen molar-refractivity contribution in [1.29, 1.82) is 0 Å². The Hall–Kier alpha value is -2.24. The Bertz CT molecular complexity index is 906. The molecule has 2 atom stereocenters. The number of aliphatic hydroxyl groups is 1. The van der Waals surface area contributed by atoms with Gasteiger partial charge in [-0.3, -0.25) is 9.69 Å². The zero-order valence-electron chi connectivity index (χ0n) is 17.2. The highest BCUT2D eigenvalue weighted by atomic mass is 19.1. The van der Waals surface area contributed by atoms with E-state index in [2.05, 4.69) is 17.0 Å². The molecule has 30 heavy (non-hydrogen) atoms. The van der Waals surface area contributed by atoms with Crippen molar-refractivity contribution in [3.63, 3.8) is 0 Å². The fourth-order valence-electron chi connectivity index (χ4n) is 6.03. The number of nitrogens with zero attached hydrogens (tertiary/aromatic N) is 2. The molecule has 5 rings (SSSR count). The SMILES string of the molecule is O=C(C1CCCC1)N1CC2(C1)[C@@H](c1ccccc1)[C@H](CO)N2Cc1ccccc1F. The van der Waals surface area contributed by atoms with Gasteiger partial charge in [0.25, 0.3) is 0 Å². The molecule has 1 aliphatic carbocycles. The van der Waals surface area contributed by atoms with E-state index in [1.807, 2.05) is 35.2 Å². The van der Waals surface area contributed by atoms with Crippen molar-refractivity contribution in [3.05, 3.63) is 71.5 Å². The Labute approximate surface area is 177 Å². The number of likely N-dealkylation sites (tertiary alicyclic amines) is 2. The topological polar surface area (TPSA) is 43.8 Å². The Morgan fingerprint density at radius 1 is 1.03 bits per heavy atom. The molecule has 1 saturated carbocycles. The largest absolute Gasteiger partial charge is 0.395 e. The van der Waals surface area contributed by atoms with E-state index < -0.39 is 0 Å². The van der Waals surface area contributed by atoms with Gasteiger partial charge in [-0.05, 0) is 24.5 Å². The number of aliphatic hydroxyl groups excluding tert-OH is 1. The molecule has 158 valence electrons. The molecule has 0 radical (unpaired) electrons. The second-order valence-corrected chi connectivity index (χ2v) is 9.14. The fraction of sp³-hybridized carbons (Fsp3) is 0.480. The molecule has 0 unspecified atom stereocenters. The minimum absolute atomic E-state index is 0.0202. The zero-order chi connectivity index (χ0) is 20.7. The van der Waals surface area contributed by atoms with Gasteiger partial charge >= 0.3 is 0 Å². The average molecular weight is 409 g/mol. The number of halogens is 1. The van der Waals surface area contributed by atoms with Crippen LogP contribution in [0.15, 0.2) is 54.6 Å². The summed E-state index contributed by atoms with van der Waals surface area (Å²) in [5, 5.41) is 10.2. The van der Waals surface area contributed by atoms with Gasteiger partial charge in [0.2, 0.25) is 5.91 Å². The molecule has 2 aromatic carbocycles. The summed E-state index contributed by atoms with van der Waals surface area (Å²) in [5.41, 5.74) is 1.60. The highest BCUT2D eigenvalue weighted by Crippen LogP contribution is 2.54. The first-order chi connectivity index (χ1) is 14.6. The number of rotatable bonds is 5. The van der Waals surface area contributed by atoms with E-state index in [-0.39, 0.29) is 41.7 Å². The Kier molecular flexibility index (Phi) is 5.11. The summed E-state index contributed by atoms with van der Waals surface area (Å²) in [5.74, 6) is 0.378. The lowest BCUT2D eigenvalue weighted by molar-refractivity contribution is -0.202. The van der Waals surface area contributed by atoms with Crippen LogP contribution in [0.25, 0.3) is 0 Å². The van der Waals surface area contributed by atoms with Crippen LogP contribution in [0.4, 0.5) is 4.39 Å². The summed E-state index contributed by atoms with van der Waals surface area (Å²) in [4.78, 5) is 17.2. The zero-order valence-corrected chi connectivity index (χ0v) is 17.2. The summed E-state index contributed by atoms with van der Waals surface area (Å²) in [6, 6.07) is 17.0. The van der Waals surface area contributed by atoms with E-state index in [9.17, 15) is 14.3 Å². The molecule has 2 heterocycles. The number of benzene rings is 2. The van der Waals surface area contributed by atoms with Gasteiger partial charge in [-0.2, -0.15) is 0 Å². The number of hydrogen-bond donors (Lipinski definition) is 1. The lowest BCUT2D eigenvalue weighted by Crippen LogP contribution is -2.84. The van der Waals surface area contributed by atoms with Crippen LogP contribution in [0.3, 0.4) is 0 Å². The van der Waals surface area contributed by atoms with Gasteiger partial charge in [-0.15, -0.1) is 0 Å². The van der Waals surface area contributed by atoms with E-state index in [0.717, 1.165) is 25.7 Å². The fourth-order valence-corrected chi connectivity index (χ4v) is 6.03. The van der Waals surface area contributed by atoms with E-state index in [1.165, 1.54) is 11.6 Å². The summed E-state index contributed by atoms with van der Waals surface area (Å²) in [6.45, 7) is 1.79. The number of amides is 1. The smallest absolute Gasteiger partial charge is 0.225 e. The molecular formula is C25H29FN2O2. The minimum atomic E-state index is -0.231. The molecule has 2 aliphatic heterocycles. The van der Waals surface area contributed by atoms with Crippen LogP contribution >= 0.6 is 0 Å². The summed E-state index contributed by atoms with van der Waals surface area (Å²) < 4.78 is 14.4. The van der Waals surface area contributed by atoms with Crippen LogP contribution in [0.5, 0.6) is 0 Å². The van der Waals surface area contributed by atoms with Crippen molar-refractivity contribution in [1.82, 2.24) is 9.80 Å². The van der Waals surface area contributed by atoms with Crippen LogP contribution in [0.1, 0.15) is 42.7 Å². The number of carbonyl (C=O) groups is 1. The van der Waals surface area contributed by atoms with Gasteiger partial charge in [0.1, 0.15) is 5.82 Å². The highest BCUT2D eigenvalue weighted by Gasteiger charge is 2.66. The third kappa shape index (κ3) is 3.07. The van der Waals surface area contributed by atoms with Crippen LogP contribution in [-0.2, 0) is 11.3 Å². The third-order valence-corrected chi connectivity index (χ3v) is 7.53. The molecule has 4 nitrogen and oxygen atoms in total. The lowest BCUT2D eigenvalue weighted by Gasteiger charge is -2.71. The standard InChI is InChI=1S/C25H29FN2O2/c26-21-13-7-6-12-20(21)14-28-22(15-29)23(18-8-2-1-3-9-18)25(28)16-27(17-25)24(30)19-10-4-5-11-19/h1-3,6-9,12-13,19,22-23,29H,4-5,10-11,14-17H2/t22-,23-/m0/s1. The second kappa shape index (κ2) is 7.78. The average Bonchev–Trinajstić information content (AvgIpc) is 3.26. The number of hydrogen-bond acceptors (Lipinski definition) is 3. The summed E-state index contributed by atoms with van der Waals surface area (Å²) in [7, 11) is 0. The normalized spacial score (nSPS) is 25.9. The van der Waals surface area contributed by atoms with Gasteiger partial charge in [0.05, 0.1) is 12.1 Å². The Morgan fingerprint density at radius 2 is 1.70 bits per heavy atom. The lowest BCUT2D eigenvalue weighted by atomic mass is 9.60. The summed E-state index contributed by atoms with van der Waals surface area (Å²) in [6.07, 6.45) is 4.30. The molecule has 0 bridgehead atoms. The van der Waals surface area contributed by atoms with E-state index in [0.29, 0.717) is 25.2 Å². The first-order valence-corrected chi connectivity index (χ1v) is 11.1. The molecule has 3 fully saturated rings. The van der Waals surface area contributed by atoms with Crippen LogP contribution in [0.2, 0.25) is 0 Å². The van der Waals surface area contributed by atoms with Gasteiger partial charge in [0.15, 0.2) is 0 Å². The maximum absolute atomic E-state index is 14.4. The van der Waals surface area contributed by atoms with Crippen LogP contribution in [-0.4, -0.2) is 52.1 Å². The van der Waals surface area contributed by atoms with Crippen molar-refractivity contribution in [2.24, 2.45) is 5.92 Å². The quantitative estimate of drug-likeness (QED) is 0.823. The van der Waals surface area contributed by atoms with Gasteiger partial charge in [0, 0.05) is 43.1 Å². The van der Waals surface area contributed by atoms with E-state index in [1.54, 1.807) is 6.07 Å². The maximum Gasteiger partial charge on any atom is 0.225 e. The first kappa shape index (κ1) is 19.7.